The van der Waals surface area contributed by atoms with E-state index in [1.165, 1.54) is 30.9 Å². The van der Waals surface area contributed by atoms with Crippen molar-refractivity contribution in [1.82, 2.24) is 4.57 Å². The van der Waals surface area contributed by atoms with Gasteiger partial charge in [0.15, 0.2) is 5.84 Å². The number of fused-ring (bicyclic) bond motifs is 7. The van der Waals surface area contributed by atoms with Crippen LogP contribution in [0.25, 0.3) is 47.8 Å². The van der Waals surface area contributed by atoms with Gasteiger partial charge >= 0.3 is 0 Å². The van der Waals surface area contributed by atoms with E-state index in [0.29, 0.717) is 11.7 Å². The van der Waals surface area contributed by atoms with Crippen molar-refractivity contribution < 1.29 is 0 Å². The Balaban J connectivity index is 1.50. The summed E-state index contributed by atoms with van der Waals surface area (Å²) in [7, 11) is 0. The van der Waals surface area contributed by atoms with Crippen molar-refractivity contribution in [3.8, 4) is 0 Å². The molecule has 0 aliphatic heterocycles. The quantitative estimate of drug-likeness (QED) is 0.164. The third-order valence-corrected chi connectivity index (χ3v) is 8.36. The predicted octanol–water partition coefficient (Wildman–Crippen LogP) is 9.55. The van der Waals surface area contributed by atoms with Crippen LogP contribution in [0.1, 0.15) is 18.1 Å². The van der Waals surface area contributed by atoms with Gasteiger partial charge in [-0.25, -0.2) is 9.98 Å². The number of hydrogen-bond donors (Lipinski definition) is 0. The highest BCUT2D eigenvalue weighted by atomic mass is 32.1. The lowest BCUT2D eigenvalue weighted by molar-refractivity contribution is 1.18. The van der Waals surface area contributed by atoms with Crippen molar-refractivity contribution >= 4 is 70.7 Å². The van der Waals surface area contributed by atoms with Crippen molar-refractivity contribution in [2.45, 2.75) is 6.92 Å². The number of thiophene rings is 1. The van der Waals surface area contributed by atoms with Crippen LogP contribution in [0.5, 0.6) is 0 Å². The average molecular weight is 520 g/mol. The van der Waals surface area contributed by atoms with Gasteiger partial charge in [-0.2, -0.15) is 0 Å². The van der Waals surface area contributed by atoms with Crippen LogP contribution in [-0.2, 0) is 0 Å². The van der Waals surface area contributed by atoms with Gasteiger partial charge < -0.3 is 0 Å². The summed E-state index contributed by atoms with van der Waals surface area (Å²) in [5, 5.41) is 4.92. The zero-order valence-corrected chi connectivity index (χ0v) is 22.3. The van der Waals surface area contributed by atoms with Crippen LogP contribution in [-0.4, -0.2) is 16.1 Å². The molecule has 7 aromatic rings. The van der Waals surface area contributed by atoms with Crippen molar-refractivity contribution in [2.24, 2.45) is 9.98 Å². The van der Waals surface area contributed by atoms with Crippen LogP contribution in [0.3, 0.4) is 0 Å². The number of benzene rings is 5. The summed E-state index contributed by atoms with van der Waals surface area (Å²) in [5.74, 6) is 1.27. The van der Waals surface area contributed by atoms with Crippen LogP contribution in [0.15, 0.2) is 138 Å². The number of amidine groups is 1. The smallest absolute Gasteiger partial charge is 0.161 e. The van der Waals surface area contributed by atoms with Gasteiger partial charge in [0.05, 0.1) is 15.7 Å². The number of rotatable bonds is 4. The molecule has 5 aromatic carbocycles. The van der Waals surface area contributed by atoms with Crippen LogP contribution >= 0.6 is 11.3 Å². The molecule has 0 spiro atoms. The van der Waals surface area contributed by atoms with Gasteiger partial charge in [-0.1, -0.05) is 116 Å². The van der Waals surface area contributed by atoms with Gasteiger partial charge in [0, 0.05) is 37.5 Å². The molecule has 0 unspecified atom stereocenters. The summed E-state index contributed by atoms with van der Waals surface area (Å²) >= 11 is 1.82. The first-order chi connectivity index (χ1) is 19.2. The van der Waals surface area contributed by atoms with Gasteiger partial charge in [0.25, 0.3) is 0 Å². The highest BCUT2D eigenvalue weighted by Crippen LogP contribution is 2.42. The largest absolute Gasteiger partial charge is 0.293 e. The van der Waals surface area contributed by atoms with Gasteiger partial charge in [-0.05, 0) is 24.6 Å². The van der Waals surface area contributed by atoms with E-state index in [0.717, 1.165) is 27.9 Å². The molecule has 39 heavy (non-hydrogen) atoms. The van der Waals surface area contributed by atoms with E-state index in [-0.39, 0.29) is 0 Å². The van der Waals surface area contributed by atoms with Crippen molar-refractivity contribution in [3.63, 3.8) is 0 Å². The maximum absolute atomic E-state index is 5.12. The van der Waals surface area contributed by atoms with E-state index in [1.807, 2.05) is 66.8 Å². The van der Waals surface area contributed by atoms with Crippen LogP contribution in [0.4, 0.5) is 0 Å². The minimum absolute atomic E-state index is 0.634. The van der Waals surface area contributed by atoms with E-state index in [2.05, 4.69) is 83.9 Å². The zero-order chi connectivity index (χ0) is 26.3. The van der Waals surface area contributed by atoms with E-state index in [9.17, 15) is 0 Å². The van der Waals surface area contributed by atoms with Gasteiger partial charge in [0.1, 0.15) is 5.82 Å². The number of nitrogens with zero attached hydrogens (tertiary/aromatic N) is 3. The molecule has 0 fully saturated rings. The minimum atomic E-state index is 0.634. The van der Waals surface area contributed by atoms with Gasteiger partial charge in [0.2, 0.25) is 0 Å². The lowest BCUT2D eigenvalue weighted by atomic mass is 10.1. The second kappa shape index (κ2) is 9.50. The molecular formula is C35H25N3S. The van der Waals surface area contributed by atoms with Gasteiger partial charge in [-0.3, -0.25) is 4.57 Å². The van der Waals surface area contributed by atoms with E-state index >= 15 is 0 Å². The molecule has 3 nitrogen and oxygen atoms in total. The second-order valence-corrected chi connectivity index (χ2v) is 10.6. The highest BCUT2D eigenvalue weighted by Gasteiger charge is 2.18. The Morgan fingerprint density at radius 2 is 1.23 bits per heavy atom. The first kappa shape index (κ1) is 23.3. The molecule has 2 aromatic heterocycles. The fourth-order valence-corrected chi connectivity index (χ4v) is 6.56. The summed E-state index contributed by atoms with van der Waals surface area (Å²) in [6.07, 6.45) is 0. The Labute approximate surface area is 230 Å². The molecule has 0 N–H and O–H groups in total. The Morgan fingerprint density at radius 3 is 2.00 bits per heavy atom. The number of aromatic nitrogens is 1. The SMILES string of the molecule is C=C(N=C(N=C(C)c1ccccc1)c1ccccc1)n1c2ccccc2c2ccc3c4ccccc4sc3c21. The van der Waals surface area contributed by atoms with E-state index in [1.54, 1.807) is 0 Å². The molecule has 0 amide bonds. The van der Waals surface area contributed by atoms with Crippen molar-refractivity contribution in [3.05, 3.63) is 139 Å². The molecule has 2 heterocycles. The molecule has 0 atom stereocenters. The van der Waals surface area contributed by atoms with Crippen molar-refractivity contribution in [1.29, 1.82) is 0 Å². The van der Waals surface area contributed by atoms with Gasteiger partial charge in [-0.15, -0.1) is 11.3 Å². The Hall–Kier alpha value is -4.80. The number of para-hydroxylation sites is 1. The molecule has 0 aliphatic rings. The summed E-state index contributed by atoms with van der Waals surface area (Å²) in [6, 6.07) is 41.9. The molecule has 0 aliphatic carbocycles. The maximum Gasteiger partial charge on any atom is 0.161 e. The molecule has 7 rings (SSSR count). The summed E-state index contributed by atoms with van der Waals surface area (Å²) < 4.78 is 4.73. The Bertz CT molecular complexity index is 2080. The fourth-order valence-electron chi connectivity index (χ4n) is 5.32. The topological polar surface area (TPSA) is 29.6 Å². The lowest BCUT2D eigenvalue weighted by Gasteiger charge is -2.10. The minimum Gasteiger partial charge on any atom is -0.293 e. The molecular weight excluding hydrogens is 494 g/mol. The molecule has 0 saturated carbocycles. The van der Waals surface area contributed by atoms with E-state index < -0.39 is 0 Å². The zero-order valence-electron chi connectivity index (χ0n) is 21.5. The highest BCUT2D eigenvalue weighted by molar-refractivity contribution is 7.26. The average Bonchev–Trinajstić information content (AvgIpc) is 3.54. The van der Waals surface area contributed by atoms with E-state index in [4.69, 9.17) is 9.98 Å². The predicted molar refractivity (Wildman–Crippen MR) is 169 cm³/mol. The summed E-state index contributed by atoms with van der Waals surface area (Å²) in [5.41, 5.74) is 5.14. The number of aliphatic imine (C=N–C) groups is 2. The molecule has 186 valence electrons. The van der Waals surface area contributed by atoms with Crippen LogP contribution < -0.4 is 0 Å². The third-order valence-electron chi connectivity index (χ3n) is 7.17. The van der Waals surface area contributed by atoms with Crippen molar-refractivity contribution in [2.75, 3.05) is 0 Å². The molecule has 0 radical (unpaired) electrons. The first-order valence-corrected chi connectivity index (χ1v) is 13.8. The fraction of sp³-hybridized carbons (Fsp3) is 0.0286. The Kier molecular flexibility index (Phi) is 5.68. The normalized spacial score (nSPS) is 12.6. The molecule has 4 heteroatoms. The van der Waals surface area contributed by atoms with Crippen LogP contribution in [0.2, 0.25) is 0 Å². The second-order valence-electron chi connectivity index (χ2n) is 9.57. The number of hydrogen-bond acceptors (Lipinski definition) is 2. The summed E-state index contributed by atoms with van der Waals surface area (Å²) in [6.45, 7) is 6.54. The third kappa shape index (κ3) is 3.97. The van der Waals surface area contributed by atoms with Crippen LogP contribution in [0, 0.1) is 0 Å². The monoisotopic (exact) mass is 519 g/mol. The molecule has 0 bridgehead atoms. The standard InChI is InChI=1S/C35H25N3S/c1-23(25-13-5-3-6-14-25)36-35(26-15-7-4-8-16-26)37-24(2)38-31-19-11-9-17-27(31)29-21-22-30-28-18-10-12-20-32(28)39-34(30)33(29)38/h3-22H,2H2,1H3. The lowest BCUT2D eigenvalue weighted by Crippen LogP contribution is -2.05. The summed E-state index contributed by atoms with van der Waals surface area (Å²) in [4.78, 5) is 10.1. The molecule has 0 saturated heterocycles. The Morgan fingerprint density at radius 1 is 0.615 bits per heavy atom. The first-order valence-electron chi connectivity index (χ1n) is 13.0. The maximum atomic E-state index is 5.12.